The molecule has 5 rings (SSSR count). The Morgan fingerprint density at radius 2 is 2.05 bits per heavy atom. The molecule has 3 aromatic heterocycles. The number of benzene rings is 1. The van der Waals surface area contributed by atoms with Crippen LogP contribution in [-0.4, -0.2) is 39.9 Å². The number of hydrogen-bond donors (Lipinski definition) is 1. The molecular weight excluding hydrogens is 528 g/mol. The lowest BCUT2D eigenvalue weighted by molar-refractivity contribution is -0.145. The molecule has 8 nitrogen and oxygen atoms in total. The van der Waals surface area contributed by atoms with Gasteiger partial charge in [0.25, 0.3) is 5.56 Å². The maximum atomic E-state index is 13.8. The van der Waals surface area contributed by atoms with Crippen molar-refractivity contribution in [3.8, 4) is 10.8 Å². The van der Waals surface area contributed by atoms with Crippen LogP contribution in [0.5, 0.6) is 0 Å². The third kappa shape index (κ3) is 4.91. The smallest absolute Gasteiger partial charge is 0.329 e. The molecule has 0 unspecified atom stereocenters. The van der Waals surface area contributed by atoms with Gasteiger partial charge in [0.1, 0.15) is 11.8 Å². The van der Waals surface area contributed by atoms with Crippen molar-refractivity contribution in [3.05, 3.63) is 75.0 Å². The highest BCUT2D eigenvalue weighted by atomic mass is 35.5. The first-order valence-corrected chi connectivity index (χ1v) is 13.7. The number of fused-ring (bicyclic) bond motifs is 1. The van der Waals surface area contributed by atoms with Crippen LogP contribution in [0, 0.1) is 6.92 Å². The second-order valence-electron chi connectivity index (χ2n) is 9.95. The summed E-state index contributed by atoms with van der Waals surface area (Å²) in [5.41, 5.74) is 0.483. The van der Waals surface area contributed by atoms with E-state index in [0.717, 1.165) is 33.5 Å². The lowest BCUT2D eigenvalue weighted by atomic mass is 9.98. The molecule has 1 aromatic carbocycles. The minimum absolute atomic E-state index is 0.00479. The molecule has 0 spiro atoms. The molecule has 1 atom stereocenters. The van der Waals surface area contributed by atoms with Crippen molar-refractivity contribution < 1.29 is 23.8 Å². The van der Waals surface area contributed by atoms with Gasteiger partial charge in [0.05, 0.1) is 28.7 Å². The largest absolute Gasteiger partial charge is 0.480 e. The van der Waals surface area contributed by atoms with Gasteiger partial charge in [-0.05, 0) is 56.4 Å². The Kier molecular flexibility index (Phi) is 7.46. The minimum atomic E-state index is -1.47. The van der Waals surface area contributed by atoms with E-state index >= 15 is 0 Å². The molecule has 0 aliphatic carbocycles. The second-order valence-corrected chi connectivity index (χ2v) is 11.4. The summed E-state index contributed by atoms with van der Waals surface area (Å²) in [6.45, 7) is 6.14. The Hall–Kier alpha value is -2.98. The Morgan fingerprint density at radius 1 is 1.32 bits per heavy atom. The van der Waals surface area contributed by atoms with Crippen LogP contribution in [0.25, 0.3) is 20.9 Å². The number of halogens is 1. The average molecular weight is 557 g/mol. The van der Waals surface area contributed by atoms with Gasteiger partial charge in [-0.3, -0.25) is 9.36 Å². The quantitative estimate of drug-likeness (QED) is 0.285. The van der Waals surface area contributed by atoms with E-state index in [0.29, 0.717) is 41.5 Å². The molecule has 1 fully saturated rings. The zero-order chi connectivity index (χ0) is 27.0. The number of rotatable bonds is 8. The molecular formula is C28H29ClN2O6S. The molecule has 0 amide bonds. The highest BCUT2D eigenvalue weighted by Gasteiger charge is 2.33. The zero-order valence-corrected chi connectivity index (χ0v) is 23.0. The van der Waals surface area contributed by atoms with Crippen molar-refractivity contribution in [3.63, 3.8) is 0 Å². The summed E-state index contributed by atoms with van der Waals surface area (Å²) in [7, 11) is 0. The molecule has 38 heavy (non-hydrogen) atoms. The van der Waals surface area contributed by atoms with Crippen LogP contribution < -0.4 is 5.56 Å². The van der Waals surface area contributed by atoms with Gasteiger partial charge in [-0.25, -0.2) is 9.78 Å². The molecule has 1 aliphatic rings. The van der Waals surface area contributed by atoms with Crippen LogP contribution in [0.3, 0.4) is 0 Å². The molecule has 200 valence electrons. The van der Waals surface area contributed by atoms with E-state index in [9.17, 15) is 14.7 Å². The van der Waals surface area contributed by atoms with Crippen molar-refractivity contribution in [2.24, 2.45) is 0 Å². The predicted molar refractivity (Wildman–Crippen MR) is 146 cm³/mol. The highest BCUT2D eigenvalue weighted by molar-refractivity contribution is 7.22. The number of aryl methyl sites for hydroxylation is 1. The van der Waals surface area contributed by atoms with Crippen molar-refractivity contribution in [1.82, 2.24) is 9.55 Å². The van der Waals surface area contributed by atoms with Gasteiger partial charge in [-0.1, -0.05) is 29.8 Å². The SMILES string of the molecule is Cc1c(-c2ncco2)sc2c(C[C@H](OC3CCOCC3)c3ccccc3Cl)cn(C(C)(C)C(=O)O)c(=O)c12. The fourth-order valence-electron chi connectivity index (χ4n) is 4.81. The molecule has 1 aliphatic heterocycles. The number of carbonyl (C=O) groups is 1. The van der Waals surface area contributed by atoms with Gasteiger partial charge >= 0.3 is 5.97 Å². The first-order valence-electron chi connectivity index (χ1n) is 12.5. The van der Waals surface area contributed by atoms with E-state index in [1.807, 2.05) is 31.2 Å². The molecule has 0 bridgehead atoms. The van der Waals surface area contributed by atoms with Crippen molar-refractivity contribution in [2.75, 3.05) is 13.2 Å². The number of aliphatic carboxylic acids is 1. The van der Waals surface area contributed by atoms with Crippen molar-refractivity contribution in [2.45, 2.75) is 57.8 Å². The normalized spacial score (nSPS) is 15.7. The average Bonchev–Trinajstić information content (AvgIpc) is 3.54. The van der Waals surface area contributed by atoms with Crippen molar-refractivity contribution >= 4 is 39.0 Å². The van der Waals surface area contributed by atoms with E-state index in [4.69, 9.17) is 25.5 Å². The molecule has 4 aromatic rings. The fraction of sp³-hybridized carbons (Fsp3) is 0.393. The highest BCUT2D eigenvalue weighted by Crippen LogP contribution is 2.40. The Labute approximate surface area is 228 Å². The molecule has 4 heterocycles. The summed E-state index contributed by atoms with van der Waals surface area (Å²) in [4.78, 5) is 31.0. The van der Waals surface area contributed by atoms with Crippen LogP contribution in [0.1, 0.15) is 49.5 Å². The Balaban J connectivity index is 1.70. The fourth-order valence-corrected chi connectivity index (χ4v) is 6.32. The molecule has 0 radical (unpaired) electrons. The van der Waals surface area contributed by atoms with E-state index < -0.39 is 17.6 Å². The standard InChI is InChI=1S/C28H29ClN2O6S/c1-16-22-24(38-23(16)25-30-10-13-36-25)17(15-31(26(22)32)28(2,3)27(33)34)14-21(19-6-4-5-7-20(19)29)37-18-8-11-35-12-9-18/h4-7,10,13,15,18,21H,8-9,11-12,14H2,1-3H3,(H,33,34)/t21-/m0/s1. The zero-order valence-electron chi connectivity index (χ0n) is 21.4. The van der Waals surface area contributed by atoms with Crippen LogP contribution in [0.2, 0.25) is 5.02 Å². The number of carboxylic acid groups (broad SMARTS) is 1. The van der Waals surface area contributed by atoms with E-state index in [1.54, 1.807) is 12.4 Å². The first kappa shape index (κ1) is 26.6. The van der Waals surface area contributed by atoms with Crippen LogP contribution in [0.4, 0.5) is 0 Å². The maximum Gasteiger partial charge on any atom is 0.329 e. The summed E-state index contributed by atoms with van der Waals surface area (Å²) in [6, 6.07) is 7.56. The number of carboxylic acids is 1. The van der Waals surface area contributed by atoms with Gasteiger partial charge in [0.15, 0.2) is 0 Å². The van der Waals surface area contributed by atoms with Crippen LogP contribution in [0.15, 0.2) is 52.1 Å². The van der Waals surface area contributed by atoms with Gasteiger partial charge in [0.2, 0.25) is 5.89 Å². The number of nitrogens with zero attached hydrogens (tertiary/aromatic N) is 2. The topological polar surface area (TPSA) is 104 Å². The number of ether oxygens (including phenoxy) is 2. The summed E-state index contributed by atoms with van der Waals surface area (Å²) in [5, 5.41) is 11.0. The summed E-state index contributed by atoms with van der Waals surface area (Å²) in [6.07, 6.45) is 6.21. The minimum Gasteiger partial charge on any atom is -0.480 e. The van der Waals surface area contributed by atoms with Gasteiger partial charge < -0.3 is 19.0 Å². The maximum absolute atomic E-state index is 13.8. The number of hydrogen-bond acceptors (Lipinski definition) is 7. The lowest BCUT2D eigenvalue weighted by Crippen LogP contribution is -2.42. The third-order valence-electron chi connectivity index (χ3n) is 7.09. The second kappa shape index (κ2) is 10.6. The molecule has 0 saturated carbocycles. The van der Waals surface area contributed by atoms with E-state index in [1.165, 1.54) is 36.0 Å². The van der Waals surface area contributed by atoms with Crippen molar-refractivity contribution in [1.29, 1.82) is 0 Å². The molecule has 1 N–H and O–H groups in total. The predicted octanol–water partition coefficient (Wildman–Crippen LogP) is 5.98. The van der Waals surface area contributed by atoms with E-state index in [2.05, 4.69) is 4.98 Å². The Morgan fingerprint density at radius 3 is 2.71 bits per heavy atom. The summed E-state index contributed by atoms with van der Waals surface area (Å²) >= 11 is 8.05. The first-order chi connectivity index (χ1) is 18.2. The molecule has 10 heteroatoms. The number of aromatic nitrogens is 2. The van der Waals surface area contributed by atoms with Crippen LogP contribution >= 0.6 is 22.9 Å². The van der Waals surface area contributed by atoms with Gasteiger partial charge in [-0.2, -0.15) is 0 Å². The number of thiophene rings is 1. The number of oxazole rings is 1. The third-order valence-corrected chi connectivity index (χ3v) is 8.79. The Bertz CT molecular complexity index is 1520. The summed E-state index contributed by atoms with van der Waals surface area (Å²) < 4.78 is 19.8. The van der Waals surface area contributed by atoms with Gasteiger partial charge in [0, 0.05) is 35.6 Å². The number of pyridine rings is 1. The lowest BCUT2D eigenvalue weighted by Gasteiger charge is -2.29. The van der Waals surface area contributed by atoms with Gasteiger partial charge in [-0.15, -0.1) is 11.3 Å². The monoisotopic (exact) mass is 556 g/mol. The van der Waals surface area contributed by atoms with Crippen LogP contribution in [-0.2, 0) is 26.2 Å². The van der Waals surface area contributed by atoms with E-state index in [-0.39, 0.29) is 11.7 Å². The molecule has 1 saturated heterocycles. The summed E-state index contributed by atoms with van der Waals surface area (Å²) in [5.74, 6) is -0.689.